The first-order valence-electron chi connectivity index (χ1n) is 12.1. The van der Waals surface area contributed by atoms with Gasteiger partial charge in [0.05, 0.1) is 17.2 Å². The second-order valence-corrected chi connectivity index (χ2v) is 9.00. The fourth-order valence-corrected chi connectivity index (χ4v) is 3.98. The Hall–Kier alpha value is -4.47. The van der Waals surface area contributed by atoms with E-state index in [1.165, 1.54) is 29.1 Å². The summed E-state index contributed by atoms with van der Waals surface area (Å²) in [5, 5.41) is 29.6. The monoisotopic (exact) mass is 592 g/mol. The van der Waals surface area contributed by atoms with Crippen LogP contribution in [0.3, 0.4) is 0 Å². The number of urea groups is 2. The van der Waals surface area contributed by atoms with Gasteiger partial charge in [-0.3, -0.25) is 9.88 Å². The molecule has 0 saturated carbocycles. The Morgan fingerprint density at radius 3 is 2.37 bits per heavy atom. The molecule has 0 fully saturated rings. The third-order valence-electron chi connectivity index (χ3n) is 5.62. The molecule has 41 heavy (non-hydrogen) atoms. The van der Waals surface area contributed by atoms with Crippen LogP contribution in [0, 0.1) is 0 Å². The molecular formula is C25H24ClF3N8O4. The van der Waals surface area contributed by atoms with Gasteiger partial charge in [-0.15, -0.1) is 0 Å². The number of nitrogens with zero attached hydrogens (tertiary/aromatic N) is 4. The van der Waals surface area contributed by atoms with Crippen molar-refractivity contribution in [3.8, 4) is 5.69 Å². The summed E-state index contributed by atoms with van der Waals surface area (Å²) in [7, 11) is 0. The fraction of sp³-hybridized carbons (Fsp3) is 0.240. The quantitative estimate of drug-likeness (QED) is 0.173. The zero-order valence-corrected chi connectivity index (χ0v) is 22.1. The average molecular weight is 593 g/mol. The first-order valence-corrected chi connectivity index (χ1v) is 12.5. The lowest BCUT2D eigenvalue weighted by atomic mass is 10.2. The normalized spacial score (nSPS) is 12.2. The van der Waals surface area contributed by atoms with Crippen LogP contribution in [0.2, 0.25) is 5.02 Å². The maximum Gasteiger partial charge on any atom is 0.417 e. The summed E-state index contributed by atoms with van der Waals surface area (Å²) in [5.74, 6) is 0.0984. The van der Waals surface area contributed by atoms with Crippen molar-refractivity contribution in [3.05, 3.63) is 65.2 Å². The van der Waals surface area contributed by atoms with Gasteiger partial charge in [-0.2, -0.15) is 13.2 Å². The number of hydrogen-bond donors (Lipinski definition) is 6. The second-order valence-electron chi connectivity index (χ2n) is 8.60. The van der Waals surface area contributed by atoms with Crippen LogP contribution in [0.4, 0.5) is 40.0 Å². The van der Waals surface area contributed by atoms with Gasteiger partial charge in [0.25, 0.3) is 0 Å². The van der Waals surface area contributed by atoms with Crippen molar-refractivity contribution in [1.82, 2.24) is 24.8 Å². The third-order valence-corrected chi connectivity index (χ3v) is 5.95. The molecule has 4 rings (SSSR count). The largest absolute Gasteiger partial charge is 0.417 e. The number of aromatic nitrogens is 4. The average Bonchev–Trinajstić information content (AvgIpc) is 3.33. The lowest BCUT2D eigenvalue weighted by molar-refractivity contribution is -0.137. The Labute approximate surface area is 235 Å². The van der Waals surface area contributed by atoms with E-state index in [0.29, 0.717) is 12.2 Å². The highest BCUT2D eigenvalue weighted by Gasteiger charge is 2.33. The molecule has 0 aliphatic carbocycles. The minimum atomic E-state index is -4.69. The Balaban J connectivity index is 1.58. The van der Waals surface area contributed by atoms with Gasteiger partial charge < -0.3 is 26.2 Å². The van der Waals surface area contributed by atoms with E-state index < -0.39 is 41.5 Å². The van der Waals surface area contributed by atoms with Crippen molar-refractivity contribution >= 4 is 52.0 Å². The second kappa shape index (κ2) is 12.4. The molecule has 0 aliphatic rings. The lowest BCUT2D eigenvalue weighted by Crippen LogP contribution is -2.29. The SMILES string of the molecule is CCCNC(=O)Nc1ncnc2c1nc(C(O)CO)n2-c1ccc(NC(=O)Nc2ccc(Cl)c(C(F)(F)F)c2)cc1. The molecule has 4 amide bonds. The minimum Gasteiger partial charge on any atom is -0.393 e. The van der Waals surface area contributed by atoms with Crippen molar-refractivity contribution in [3.63, 3.8) is 0 Å². The molecule has 0 aliphatic heterocycles. The number of aliphatic hydroxyl groups excluding tert-OH is 2. The molecule has 16 heteroatoms. The zero-order chi connectivity index (χ0) is 29.7. The van der Waals surface area contributed by atoms with E-state index in [-0.39, 0.29) is 34.2 Å². The van der Waals surface area contributed by atoms with Gasteiger partial charge in [0.2, 0.25) is 0 Å². The minimum absolute atomic E-state index is 0.0154. The van der Waals surface area contributed by atoms with Crippen LogP contribution in [0.15, 0.2) is 48.8 Å². The molecule has 216 valence electrons. The summed E-state index contributed by atoms with van der Waals surface area (Å²) < 4.78 is 40.8. The number of hydrogen-bond acceptors (Lipinski definition) is 7. The Morgan fingerprint density at radius 1 is 1.02 bits per heavy atom. The number of alkyl halides is 3. The molecule has 1 atom stereocenters. The third kappa shape index (κ3) is 6.82. The number of carbonyl (C=O) groups is 2. The van der Waals surface area contributed by atoms with Crippen molar-refractivity contribution in [2.45, 2.75) is 25.6 Å². The van der Waals surface area contributed by atoms with Crippen molar-refractivity contribution in [1.29, 1.82) is 0 Å². The number of halogens is 4. The molecule has 2 heterocycles. The van der Waals surface area contributed by atoms with Crippen molar-refractivity contribution in [2.24, 2.45) is 0 Å². The Bertz CT molecular complexity index is 1560. The topological polar surface area (TPSA) is 166 Å². The summed E-state index contributed by atoms with van der Waals surface area (Å²) in [6, 6.07) is 7.78. The number of fused-ring (bicyclic) bond motifs is 1. The van der Waals surface area contributed by atoms with Gasteiger partial charge in [0, 0.05) is 23.6 Å². The standard InChI is InChI=1S/C25H24ClF3N8O4/c1-2-9-30-23(40)36-20-19-22(32-12-31-20)37(21(35-19)18(39)11-38)15-6-3-13(4-7-15)33-24(41)34-14-5-8-17(26)16(10-14)25(27,28)29/h3-8,10,12,18,38-39H,2,9,11H2,1H3,(H2,33,34,41)(H2,30,31,32,36,40). The molecule has 4 aromatic rings. The summed E-state index contributed by atoms with van der Waals surface area (Å²) in [5.41, 5.74) is -0.114. The predicted molar refractivity (Wildman–Crippen MR) is 145 cm³/mol. The molecule has 0 radical (unpaired) electrons. The van der Waals surface area contributed by atoms with Crippen LogP contribution in [-0.2, 0) is 6.18 Å². The molecule has 12 nitrogen and oxygen atoms in total. The number of carbonyl (C=O) groups excluding carboxylic acids is 2. The molecule has 2 aromatic heterocycles. The van der Waals surface area contributed by atoms with Crippen LogP contribution < -0.4 is 21.3 Å². The van der Waals surface area contributed by atoms with Crippen LogP contribution in [0.25, 0.3) is 16.9 Å². The van der Waals surface area contributed by atoms with Crippen LogP contribution in [0.5, 0.6) is 0 Å². The van der Waals surface area contributed by atoms with Crippen molar-refractivity contribution in [2.75, 3.05) is 29.1 Å². The lowest BCUT2D eigenvalue weighted by Gasteiger charge is -2.14. The number of benzene rings is 2. The summed E-state index contributed by atoms with van der Waals surface area (Å²) in [4.78, 5) is 37.3. The molecular weight excluding hydrogens is 569 g/mol. The number of anilines is 3. The van der Waals surface area contributed by atoms with E-state index in [0.717, 1.165) is 18.6 Å². The Morgan fingerprint density at radius 2 is 1.71 bits per heavy atom. The zero-order valence-electron chi connectivity index (χ0n) is 21.3. The number of imidazole rings is 1. The maximum absolute atomic E-state index is 13.1. The first kappa shape index (κ1) is 29.5. The summed E-state index contributed by atoms with van der Waals surface area (Å²) in [6.45, 7) is 1.68. The molecule has 6 N–H and O–H groups in total. The predicted octanol–water partition coefficient (Wildman–Crippen LogP) is 4.69. The van der Waals surface area contributed by atoms with Gasteiger partial charge in [0.15, 0.2) is 17.0 Å². The number of aliphatic hydroxyl groups is 2. The highest BCUT2D eigenvalue weighted by molar-refractivity contribution is 6.31. The van der Waals surface area contributed by atoms with E-state index in [2.05, 4.69) is 36.2 Å². The van der Waals surface area contributed by atoms with Crippen molar-refractivity contribution < 1.29 is 33.0 Å². The molecule has 0 saturated heterocycles. The van der Waals surface area contributed by atoms with E-state index in [1.807, 2.05) is 6.92 Å². The smallest absolute Gasteiger partial charge is 0.393 e. The van der Waals surface area contributed by atoms with E-state index >= 15 is 0 Å². The van der Waals surface area contributed by atoms with Crippen LogP contribution in [0.1, 0.15) is 30.8 Å². The molecule has 0 spiro atoms. The van der Waals surface area contributed by atoms with E-state index in [4.69, 9.17) is 11.6 Å². The maximum atomic E-state index is 13.1. The van der Waals surface area contributed by atoms with Crippen LogP contribution >= 0.6 is 11.6 Å². The van der Waals surface area contributed by atoms with Gasteiger partial charge in [-0.1, -0.05) is 18.5 Å². The van der Waals surface area contributed by atoms with Gasteiger partial charge in [-0.05, 0) is 48.9 Å². The molecule has 1 unspecified atom stereocenters. The number of amides is 4. The molecule has 0 bridgehead atoms. The number of rotatable bonds is 8. The van der Waals surface area contributed by atoms with E-state index in [1.54, 1.807) is 12.1 Å². The Kier molecular flexibility index (Phi) is 8.90. The van der Waals surface area contributed by atoms with Gasteiger partial charge >= 0.3 is 18.2 Å². The highest BCUT2D eigenvalue weighted by Crippen LogP contribution is 2.36. The highest BCUT2D eigenvalue weighted by atomic mass is 35.5. The summed E-state index contributed by atoms with van der Waals surface area (Å²) >= 11 is 5.62. The fourth-order valence-electron chi connectivity index (χ4n) is 3.76. The van der Waals surface area contributed by atoms with E-state index in [9.17, 15) is 33.0 Å². The first-order chi connectivity index (χ1) is 19.5. The van der Waals surface area contributed by atoms with Crippen LogP contribution in [-0.4, -0.2) is 54.9 Å². The summed E-state index contributed by atoms with van der Waals surface area (Å²) in [6.07, 6.45) is -4.17. The number of nitrogens with one attached hydrogen (secondary N) is 4. The van der Waals surface area contributed by atoms with Gasteiger partial charge in [0.1, 0.15) is 18.3 Å². The van der Waals surface area contributed by atoms with Gasteiger partial charge in [-0.25, -0.2) is 24.5 Å². The molecule has 2 aromatic carbocycles.